The molecule has 0 spiro atoms. The van der Waals surface area contributed by atoms with Crippen LogP contribution in [-0.2, 0) is 17.6 Å². The predicted molar refractivity (Wildman–Crippen MR) is 111 cm³/mol. The molecule has 29 heavy (non-hydrogen) atoms. The number of esters is 1. The number of amides is 1. The first kappa shape index (κ1) is 19.3. The van der Waals surface area contributed by atoms with Gasteiger partial charge >= 0.3 is 5.97 Å². The molecule has 8 heteroatoms. The minimum absolute atomic E-state index is 0.297. The van der Waals surface area contributed by atoms with Crippen molar-refractivity contribution in [2.75, 3.05) is 11.9 Å². The summed E-state index contributed by atoms with van der Waals surface area (Å²) in [5, 5.41) is 7.80. The lowest BCUT2D eigenvalue weighted by Crippen LogP contribution is -2.16. The lowest BCUT2D eigenvalue weighted by atomic mass is 9.95. The second kappa shape index (κ2) is 8.16. The van der Waals surface area contributed by atoms with Gasteiger partial charge in [0.15, 0.2) is 5.82 Å². The Hall–Kier alpha value is -3.00. The van der Waals surface area contributed by atoms with Crippen molar-refractivity contribution in [2.45, 2.75) is 39.5 Å². The number of carbonyl (C=O) groups excluding carboxylic acids is 2. The summed E-state index contributed by atoms with van der Waals surface area (Å²) in [7, 11) is 0. The first-order valence-corrected chi connectivity index (χ1v) is 10.5. The van der Waals surface area contributed by atoms with Gasteiger partial charge in [-0.2, -0.15) is 5.10 Å². The lowest BCUT2D eigenvalue weighted by molar-refractivity contribution is 0.0526. The van der Waals surface area contributed by atoms with E-state index in [0.29, 0.717) is 34.2 Å². The van der Waals surface area contributed by atoms with Crippen LogP contribution in [-0.4, -0.2) is 33.2 Å². The van der Waals surface area contributed by atoms with E-state index in [-0.39, 0.29) is 11.9 Å². The topological polar surface area (TPSA) is 86.1 Å². The number of rotatable bonds is 5. The number of carbonyl (C=O) groups is 2. The van der Waals surface area contributed by atoms with E-state index in [1.165, 1.54) is 17.5 Å². The van der Waals surface area contributed by atoms with Gasteiger partial charge in [0.1, 0.15) is 5.00 Å². The van der Waals surface area contributed by atoms with Gasteiger partial charge in [0.05, 0.1) is 29.6 Å². The Balaban J connectivity index is 1.65. The van der Waals surface area contributed by atoms with Gasteiger partial charge in [-0.3, -0.25) is 4.79 Å². The number of thiophene rings is 1. The van der Waals surface area contributed by atoms with Gasteiger partial charge in [-0.1, -0.05) is 6.07 Å². The van der Waals surface area contributed by atoms with Crippen LogP contribution in [0.3, 0.4) is 0 Å². The molecule has 3 heterocycles. The number of hydrogen-bond donors (Lipinski definition) is 1. The number of nitrogens with one attached hydrogen (secondary N) is 1. The molecule has 0 fully saturated rings. The third-order valence-electron chi connectivity index (χ3n) is 5.00. The van der Waals surface area contributed by atoms with Gasteiger partial charge in [-0.15, -0.1) is 11.3 Å². The highest BCUT2D eigenvalue weighted by Gasteiger charge is 2.28. The fraction of sp³-hybridized carbons (Fsp3) is 0.333. The summed E-state index contributed by atoms with van der Waals surface area (Å²) in [5.74, 6) is -0.0280. The quantitative estimate of drug-likeness (QED) is 0.644. The van der Waals surface area contributed by atoms with Crippen LogP contribution >= 0.6 is 11.3 Å². The normalized spacial score (nSPS) is 13.0. The zero-order valence-corrected chi connectivity index (χ0v) is 17.2. The van der Waals surface area contributed by atoms with Gasteiger partial charge in [0.25, 0.3) is 5.91 Å². The molecule has 3 aromatic rings. The average Bonchev–Trinajstić information content (AvgIpc) is 3.29. The smallest absolute Gasteiger partial charge is 0.341 e. The molecule has 3 aromatic heterocycles. The molecule has 1 N–H and O–H groups in total. The van der Waals surface area contributed by atoms with Crippen LogP contribution < -0.4 is 5.32 Å². The number of anilines is 1. The third-order valence-corrected chi connectivity index (χ3v) is 6.21. The summed E-state index contributed by atoms with van der Waals surface area (Å²) in [5.41, 5.74) is 2.66. The molecule has 1 amide bonds. The Bertz CT molecular complexity index is 1060. The van der Waals surface area contributed by atoms with Crippen molar-refractivity contribution in [3.8, 4) is 5.82 Å². The highest BCUT2D eigenvalue weighted by atomic mass is 32.1. The first-order valence-electron chi connectivity index (χ1n) is 9.69. The monoisotopic (exact) mass is 410 g/mol. The number of hydrogen-bond acceptors (Lipinski definition) is 6. The number of ether oxygens (including phenoxy) is 1. The maximum Gasteiger partial charge on any atom is 0.341 e. The minimum Gasteiger partial charge on any atom is -0.462 e. The molecule has 7 nitrogen and oxygen atoms in total. The van der Waals surface area contributed by atoms with Gasteiger partial charge in [-0.05, 0) is 57.2 Å². The molecule has 4 rings (SSSR count). The van der Waals surface area contributed by atoms with E-state index >= 15 is 0 Å². The molecular formula is C21H22N4O3S. The molecule has 0 radical (unpaired) electrons. The summed E-state index contributed by atoms with van der Waals surface area (Å²) >= 11 is 1.48. The SMILES string of the molecule is CCOC(=O)c1c(NC(=O)c2cnn(-c3ccccn3)c2C)sc2c1CCCC2. The van der Waals surface area contributed by atoms with Crippen LogP contribution in [0.15, 0.2) is 30.6 Å². The minimum atomic E-state index is -0.372. The molecule has 150 valence electrons. The first-order chi connectivity index (χ1) is 14.1. The van der Waals surface area contributed by atoms with Crippen molar-refractivity contribution >= 4 is 28.2 Å². The van der Waals surface area contributed by atoms with E-state index in [2.05, 4.69) is 15.4 Å². The Morgan fingerprint density at radius 3 is 2.86 bits per heavy atom. The molecule has 1 aliphatic rings. The Labute approximate surface area is 172 Å². The molecular weight excluding hydrogens is 388 g/mol. The van der Waals surface area contributed by atoms with Crippen LogP contribution in [0, 0.1) is 6.92 Å². The number of pyridine rings is 1. The van der Waals surface area contributed by atoms with E-state index in [0.717, 1.165) is 36.1 Å². The molecule has 1 aliphatic carbocycles. The van der Waals surface area contributed by atoms with Crippen molar-refractivity contribution in [3.05, 3.63) is 57.9 Å². The molecule has 0 aromatic carbocycles. The lowest BCUT2D eigenvalue weighted by Gasteiger charge is -2.12. The van der Waals surface area contributed by atoms with E-state index in [1.54, 1.807) is 17.8 Å². The molecule has 0 aliphatic heterocycles. The summed E-state index contributed by atoms with van der Waals surface area (Å²) < 4.78 is 6.88. The zero-order valence-electron chi connectivity index (χ0n) is 16.4. The van der Waals surface area contributed by atoms with Crippen LogP contribution in [0.1, 0.15) is 56.6 Å². The van der Waals surface area contributed by atoms with Crippen LogP contribution in [0.4, 0.5) is 5.00 Å². The van der Waals surface area contributed by atoms with E-state index in [4.69, 9.17) is 4.74 Å². The summed E-state index contributed by atoms with van der Waals surface area (Å²) in [6, 6.07) is 5.52. The summed E-state index contributed by atoms with van der Waals surface area (Å²) in [4.78, 5) is 31.0. The average molecular weight is 410 g/mol. The van der Waals surface area contributed by atoms with Crippen molar-refractivity contribution in [3.63, 3.8) is 0 Å². The highest BCUT2D eigenvalue weighted by molar-refractivity contribution is 7.17. The van der Waals surface area contributed by atoms with E-state index in [9.17, 15) is 9.59 Å². The van der Waals surface area contributed by atoms with Crippen LogP contribution in [0.25, 0.3) is 5.82 Å². The fourth-order valence-corrected chi connectivity index (χ4v) is 4.86. The molecule has 0 bridgehead atoms. The Kier molecular flexibility index (Phi) is 5.44. The van der Waals surface area contributed by atoms with Gasteiger partial charge < -0.3 is 10.1 Å². The van der Waals surface area contributed by atoms with E-state index in [1.807, 2.05) is 25.1 Å². The van der Waals surface area contributed by atoms with Crippen molar-refractivity contribution in [1.82, 2.24) is 14.8 Å². The predicted octanol–water partition coefficient (Wildman–Crippen LogP) is 3.95. The van der Waals surface area contributed by atoms with Gasteiger partial charge in [0, 0.05) is 11.1 Å². The second-order valence-electron chi connectivity index (χ2n) is 6.83. The van der Waals surface area contributed by atoms with E-state index < -0.39 is 0 Å². The van der Waals surface area contributed by atoms with Gasteiger partial charge in [-0.25, -0.2) is 14.5 Å². The number of nitrogens with zero attached hydrogens (tertiary/aromatic N) is 3. The fourth-order valence-electron chi connectivity index (χ4n) is 3.59. The number of fused-ring (bicyclic) bond motifs is 1. The maximum atomic E-state index is 13.0. The van der Waals surface area contributed by atoms with Crippen molar-refractivity contribution < 1.29 is 14.3 Å². The largest absolute Gasteiger partial charge is 0.462 e. The van der Waals surface area contributed by atoms with Crippen molar-refractivity contribution in [1.29, 1.82) is 0 Å². The molecule has 0 saturated carbocycles. The molecule has 0 saturated heterocycles. The maximum absolute atomic E-state index is 13.0. The highest BCUT2D eigenvalue weighted by Crippen LogP contribution is 2.38. The Morgan fingerprint density at radius 1 is 1.28 bits per heavy atom. The van der Waals surface area contributed by atoms with Gasteiger partial charge in [0.2, 0.25) is 0 Å². The van der Waals surface area contributed by atoms with Crippen LogP contribution in [0.2, 0.25) is 0 Å². The molecule has 0 unspecified atom stereocenters. The second-order valence-corrected chi connectivity index (χ2v) is 7.94. The number of aryl methyl sites for hydroxylation is 1. The third kappa shape index (κ3) is 3.67. The summed E-state index contributed by atoms with van der Waals surface area (Å²) in [6.07, 6.45) is 7.11. The zero-order chi connectivity index (χ0) is 20.4. The number of aromatic nitrogens is 3. The van der Waals surface area contributed by atoms with Crippen molar-refractivity contribution in [2.24, 2.45) is 0 Å². The van der Waals surface area contributed by atoms with Crippen LogP contribution in [0.5, 0.6) is 0 Å². The summed E-state index contributed by atoms with van der Waals surface area (Å²) in [6.45, 7) is 3.90. The molecule has 0 atom stereocenters. The standard InChI is InChI=1S/C21H22N4O3S/c1-3-28-21(27)18-14-8-4-5-9-16(14)29-20(18)24-19(26)15-12-23-25(13(15)2)17-10-6-7-11-22-17/h6-7,10-12H,3-5,8-9H2,1-2H3,(H,24,26). The Morgan fingerprint density at radius 2 is 2.10 bits per heavy atom.